The molecule has 0 bridgehead atoms. The van der Waals surface area contributed by atoms with Gasteiger partial charge in [0.05, 0.1) is 6.61 Å². The van der Waals surface area contributed by atoms with Gasteiger partial charge in [0.25, 0.3) is 0 Å². The fraction of sp³-hybridized carbons (Fsp3) is 0.500. The molecule has 1 aliphatic rings. The van der Waals surface area contributed by atoms with E-state index >= 15 is 0 Å². The van der Waals surface area contributed by atoms with Crippen LogP contribution >= 0.6 is 22.6 Å². The highest BCUT2D eigenvalue weighted by atomic mass is 127. The van der Waals surface area contributed by atoms with Crippen LogP contribution in [0.5, 0.6) is 5.75 Å². The molecule has 0 fully saturated rings. The lowest BCUT2D eigenvalue weighted by molar-refractivity contribution is 0.0920. The van der Waals surface area contributed by atoms with E-state index in [2.05, 4.69) is 22.6 Å². The zero-order chi connectivity index (χ0) is 11.7. The molecule has 0 amide bonds. The Kier molecular flexibility index (Phi) is 3.69. The Labute approximate surface area is 108 Å². The third-order valence-electron chi connectivity index (χ3n) is 2.76. The first-order chi connectivity index (χ1) is 7.65. The van der Waals surface area contributed by atoms with Crippen LogP contribution in [0.25, 0.3) is 0 Å². The maximum Gasteiger partial charge on any atom is 0.134 e. The van der Waals surface area contributed by atoms with Crippen molar-refractivity contribution in [1.29, 1.82) is 0 Å². The highest BCUT2D eigenvalue weighted by molar-refractivity contribution is 14.1. The predicted octanol–water partition coefficient (Wildman–Crippen LogP) is 3.01. The summed E-state index contributed by atoms with van der Waals surface area (Å²) in [7, 11) is 0. The number of alkyl halides is 1. The van der Waals surface area contributed by atoms with Gasteiger partial charge >= 0.3 is 0 Å². The molecule has 0 aromatic heterocycles. The average Bonchev–Trinajstić information content (AvgIpc) is 2.56. The molecule has 2 rings (SSSR count). The Balaban J connectivity index is 2.37. The third-order valence-corrected chi connectivity index (χ3v) is 3.70. The summed E-state index contributed by atoms with van der Waals surface area (Å²) in [6, 6.07) is 3.73. The molecule has 0 heterocycles. The summed E-state index contributed by atoms with van der Waals surface area (Å²) in [6.07, 6.45) is -1.02. The Morgan fingerprint density at radius 2 is 2.31 bits per heavy atom. The molecular weight excluding hydrogens is 322 g/mol. The monoisotopic (exact) mass is 336 g/mol. The molecule has 4 heteroatoms. The molecule has 1 aromatic carbocycles. The zero-order valence-corrected chi connectivity index (χ0v) is 11.2. The van der Waals surface area contributed by atoms with Gasteiger partial charge in [0, 0.05) is 21.1 Å². The molecule has 0 spiro atoms. The molecule has 88 valence electrons. The van der Waals surface area contributed by atoms with E-state index in [1.807, 2.05) is 19.1 Å². The minimum Gasteiger partial charge on any atom is -0.493 e. The van der Waals surface area contributed by atoms with Gasteiger partial charge in [-0.05, 0) is 41.1 Å². The maximum atomic E-state index is 13.5. The van der Waals surface area contributed by atoms with Crippen LogP contribution in [0.2, 0.25) is 0 Å². The van der Waals surface area contributed by atoms with Crippen molar-refractivity contribution in [3.05, 3.63) is 26.8 Å². The first-order valence-corrected chi connectivity index (χ1v) is 6.49. The molecular formula is C12H14FIO2. The highest BCUT2D eigenvalue weighted by Gasteiger charge is 2.34. The summed E-state index contributed by atoms with van der Waals surface area (Å²) in [6.45, 7) is 2.65. The minimum atomic E-state index is -1.20. The second-order valence-electron chi connectivity index (χ2n) is 3.95. The largest absolute Gasteiger partial charge is 0.493 e. The van der Waals surface area contributed by atoms with Crippen LogP contribution in [-0.4, -0.2) is 17.9 Å². The fourth-order valence-electron chi connectivity index (χ4n) is 1.98. The van der Waals surface area contributed by atoms with Crippen molar-refractivity contribution in [2.75, 3.05) is 6.61 Å². The Hall–Kier alpha value is -0.360. The van der Waals surface area contributed by atoms with Crippen LogP contribution in [-0.2, 0) is 6.42 Å². The van der Waals surface area contributed by atoms with Crippen LogP contribution in [0.4, 0.5) is 4.39 Å². The normalized spacial score (nSPS) is 23.2. The van der Waals surface area contributed by atoms with Gasteiger partial charge in [0.1, 0.15) is 18.0 Å². The smallest absolute Gasteiger partial charge is 0.134 e. The van der Waals surface area contributed by atoms with Crippen molar-refractivity contribution < 1.29 is 14.2 Å². The molecule has 0 saturated carbocycles. The zero-order valence-electron chi connectivity index (χ0n) is 9.04. The predicted molar refractivity (Wildman–Crippen MR) is 68.5 cm³/mol. The van der Waals surface area contributed by atoms with Gasteiger partial charge in [-0.3, -0.25) is 0 Å². The van der Waals surface area contributed by atoms with E-state index in [-0.39, 0.29) is 6.42 Å². The van der Waals surface area contributed by atoms with E-state index in [4.69, 9.17) is 4.74 Å². The van der Waals surface area contributed by atoms with E-state index in [1.165, 1.54) is 0 Å². The van der Waals surface area contributed by atoms with Crippen molar-refractivity contribution >= 4 is 22.6 Å². The van der Waals surface area contributed by atoms with Crippen molar-refractivity contribution in [3.8, 4) is 5.75 Å². The molecule has 1 N–H and O–H groups in total. The number of benzene rings is 1. The molecule has 1 aliphatic carbocycles. The van der Waals surface area contributed by atoms with Crippen LogP contribution in [0.1, 0.15) is 30.6 Å². The van der Waals surface area contributed by atoms with Crippen molar-refractivity contribution in [2.24, 2.45) is 0 Å². The van der Waals surface area contributed by atoms with E-state index in [9.17, 15) is 9.50 Å². The number of fused-ring (bicyclic) bond motifs is 1. The van der Waals surface area contributed by atoms with Gasteiger partial charge in [-0.1, -0.05) is 6.92 Å². The summed E-state index contributed by atoms with van der Waals surface area (Å²) >= 11 is 2.12. The van der Waals surface area contributed by atoms with Gasteiger partial charge in [0.2, 0.25) is 0 Å². The average molecular weight is 336 g/mol. The van der Waals surface area contributed by atoms with E-state index in [0.717, 1.165) is 21.3 Å². The number of aliphatic hydroxyl groups is 1. The maximum absolute atomic E-state index is 13.5. The number of rotatable bonds is 3. The molecule has 2 nitrogen and oxygen atoms in total. The van der Waals surface area contributed by atoms with Gasteiger partial charge in [-0.25, -0.2) is 4.39 Å². The van der Waals surface area contributed by atoms with Gasteiger partial charge < -0.3 is 9.84 Å². The van der Waals surface area contributed by atoms with E-state index in [0.29, 0.717) is 12.2 Å². The molecule has 0 radical (unpaired) electrons. The second-order valence-corrected chi connectivity index (χ2v) is 5.11. The summed E-state index contributed by atoms with van der Waals surface area (Å²) in [4.78, 5) is 0. The Bertz CT molecular complexity index is 395. The van der Waals surface area contributed by atoms with Crippen molar-refractivity contribution in [1.82, 2.24) is 0 Å². The van der Waals surface area contributed by atoms with Crippen LogP contribution < -0.4 is 4.74 Å². The summed E-state index contributed by atoms with van der Waals surface area (Å²) in [5.74, 6) is 0.719. The molecule has 0 aliphatic heterocycles. The lowest BCUT2D eigenvalue weighted by atomic mass is 10.1. The van der Waals surface area contributed by atoms with Gasteiger partial charge in [0.15, 0.2) is 0 Å². The van der Waals surface area contributed by atoms with Gasteiger partial charge in [-0.2, -0.15) is 0 Å². The lowest BCUT2D eigenvalue weighted by Gasteiger charge is -2.12. The van der Waals surface area contributed by atoms with Crippen LogP contribution in [0.15, 0.2) is 12.1 Å². The summed E-state index contributed by atoms with van der Waals surface area (Å²) in [5, 5.41) is 9.75. The Morgan fingerprint density at radius 3 is 3.00 bits per heavy atom. The number of aliphatic hydroxyl groups excluding tert-OH is 1. The first-order valence-electron chi connectivity index (χ1n) is 5.41. The number of ether oxygens (including phenoxy) is 1. The number of halogens is 2. The Morgan fingerprint density at radius 1 is 1.56 bits per heavy atom. The minimum absolute atomic E-state index is 0.256. The van der Waals surface area contributed by atoms with Crippen molar-refractivity contribution in [3.63, 3.8) is 0 Å². The highest BCUT2D eigenvalue weighted by Crippen LogP contribution is 2.41. The van der Waals surface area contributed by atoms with Crippen LogP contribution in [0.3, 0.4) is 0 Å². The van der Waals surface area contributed by atoms with Crippen molar-refractivity contribution in [2.45, 2.75) is 32.0 Å². The first kappa shape index (κ1) is 12.1. The topological polar surface area (TPSA) is 29.5 Å². The second kappa shape index (κ2) is 4.87. The fourth-order valence-corrected chi connectivity index (χ4v) is 2.81. The SMILES string of the molecule is CCCOc1ccc(I)c2c1CC(F)[C@H]2O. The van der Waals surface area contributed by atoms with Gasteiger partial charge in [-0.15, -0.1) is 0 Å². The lowest BCUT2D eigenvalue weighted by Crippen LogP contribution is -2.07. The van der Waals surface area contributed by atoms with E-state index < -0.39 is 12.3 Å². The molecule has 1 aromatic rings. The summed E-state index contributed by atoms with van der Waals surface area (Å²) in [5.41, 5.74) is 1.54. The molecule has 2 atom stereocenters. The quantitative estimate of drug-likeness (QED) is 0.860. The summed E-state index contributed by atoms with van der Waals surface area (Å²) < 4.78 is 20.0. The standard InChI is InChI=1S/C12H14FIO2/c1-2-5-16-10-4-3-9(14)11-7(10)6-8(13)12(11)15/h3-4,8,12,15H,2,5-6H2,1H3/t8?,12-/m1/s1. The number of hydrogen-bond donors (Lipinski definition) is 1. The molecule has 1 unspecified atom stereocenters. The third kappa shape index (κ3) is 2.05. The molecule has 0 saturated heterocycles. The van der Waals surface area contributed by atoms with Crippen LogP contribution in [0, 0.1) is 3.57 Å². The molecule has 16 heavy (non-hydrogen) atoms. The van der Waals surface area contributed by atoms with E-state index in [1.54, 1.807) is 0 Å². The number of hydrogen-bond acceptors (Lipinski definition) is 2.